The summed E-state index contributed by atoms with van der Waals surface area (Å²) >= 11 is 0. The number of rotatable bonds is 7. The summed E-state index contributed by atoms with van der Waals surface area (Å²) in [5.74, 6) is -0.789. The number of benzodiazepines with no additional fused rings is 1. The van der Waals surface area contributed by atoms with Crippen LogP contribution in [0.15, 0.2) is 77.8 Å². The standard InChI is InChI=1S/C29H30N4O4/c1-18-14-19(2)16-22(15-18)37-17-25(34)30-20(3)28(35)32-27-29(36)33(4)24-13-9-8-12-23(24)26(31-27)21-10-6-5-7-11-21/h5-16,20,27H,17H2,1-4H3,(H,30,34)(H,32,35)/t20-,27+/m0/s1. The number of likely N-dealkylation sites (N-methyl/N-ethyl adjacent to an activating group) is 1. The molecule has 4 rings (SSSR count). The normalized spacial score (nSPS) is 15.7. The van der Waals surface area contributed by atoms with E-state index in [1.165, 1.54) is 4.90 Å². The molecular formula is C29H30N4O4. The third-order valence-corrected chi connectivity index (χ3v) is 6.01. The first-order valence-corrected chi connectivity index (χ1v) is 12.0. The molecule has 1 aliphatic heterocycles. The summed E-state index contributed by atoms with van der Waals surface area (Å²) in [6, 6.07) is 21.7. The van der Waals surface area contributed by atoms with E-state index in [0.717, 1.165) is 22.3 Å². The Labute approximate surface area is 216 Å². The summed E-state index contributed by atoms with van der Waals surface area (Å²) in [7, 11) is 1.65. The minimum atomic E-state index is -1.16. The Morgan fingerprint density at radius 2 is 1.65 bits per heavy atom. The zero-order valence-corrected chi connectivity index (χ0v) is 21.3. The number of ether oxygens (including phenoxy) is 1. The highest BCUT2D eigenvalue weighted by atomic mass is 16.5. The lowest BCUT2D eigenvalue weighted by atomic mass is 10.0. The van der Waals surface area contributed by atoms with Crippen molar-refractivity contribution in [3.8, 4) is 5.75 Å². The lowest BCUT2D eigenvalue weighted by Gasteiger charge is -2.22. The number of carbonyl (C=O) groups is 3. The van der Waals surface area contributed by atoms with Crippen LogP contribution in [0.5, 0.6) is 5.75 Å². The van der Waals surface area contributed by atoms with Gasteiger partial charge in [0.15, 0.2) is 6.61 Å². The van der Waals surface area contributed by atoms with E-state index in [2.05, 4.69) is 15.6 Å². The summed E-state index contributed by atoms with van der Waals surface area (Å²) in [6.45, 7) is 5.20. The van der Waals surface area contributed by atoms with Crippen LogP contribution in [0.1, 0.15) is 29.2 Å². The molecule has 190 valence electrons. The SMILES string of the molecule is Cc1cc(C)cc(OCC(=O)N[C@@H](C)C(=O)N[C@H]2N=C(c3ccccc3)c3ccccc3N(C)C2=O)c1. The second-order valence-electron chi connectivity index (χ2n) is 9.07. The third-order valence-electron chi connectivity index (χ3n) is 6.01. The fraction of sp³-hybridized carbons (Fsp3) is 0.241. The van der Waals surface area contributed by atoms with Crippen LogP contribution in [0, 0.1) is 13.8 Å². The van der Waals surface area contributed by atoms with Crippen molar-refractivity contribution in [3.05, 3.63) is 95.1 Å². The fourth-order valence-corrected chi connectivity index (χ4v) is 4.22. The number of hydrogen-bond acceptors (Lipinski definition) is 5. The van der Waals surface area contributed by atoms with E-state index in [-0.39, 0.29) is 12.5 Å². The molecule has 2 atom stereocenters. The van der Waals surface area contributed by atoms with Crippen molar-refractivity contribution < 1.29 is 19.1 Å². The van der Waals surface area contributed by atoms with Gasteiger partial charge >= 0.3 is 0 Å². The highest BCUT2D eigenvalue weighted by Gasteiger charge is 2.32. The van der Waals surface area contributed by atoms with Gasteiger partial charge in [0.2, 0.25) is 12.1 Å². The Hall–Kier alpha value is -4.46. The predicted octanol–water partition coefficient (Wildman–Crippen LogP) is 3.14. The Morgan fingerprint density at radius 1 is 1.00 bits per heavy atom. The molecule has 0 saturated carbocycles. The van der Waals surface area contributed by atoms with Crippen molar-refractivity contribution >= 4 is 29.1 Å². The molecule has 0 aliphatic carbocycles. The van der Waals surface area contributed by atoms with Gasteiger partial charge in [-0.05, 0) is 50.1 Å². The van der Waals surface area contributed by atoms with E-state index in [1.807, 2.05) is 86.6 Å². The van der Waals surface area contributed by atoms with Gasteiger partial charge in [-0.25, -0.2) is 4.99 Å². The lowest BCUT2D eigenvalue weighted by Crippen LogP contribution is -2.52. The van der Waals surface area contributed by atoms with E-state index < -0.39 is 24.0 Å². The number of hydrogen-bond donors (Lipinski definition) is 2. The van der Waals surface area contributed by atoms with E-state index >= 15 is 0 Å². The van der Waals surface area contributed by atoms with Crippen LogP contribution in [0.25, 0.3) is 0 Å². The molecule has 0 saturated heterocycles. The molecule has 1 aliphatic rings. The second-order valence-corrected chi connectivity index (χ2v) is 9.07. The van der Waals surface area contributed by atoms with Crippen molar-refractivity contribution in [2.75, 3.05) is 18.6 Å². The van der Waals surface area contributed by atoms with E-state index in [4.69, 9.17) is 4.74 Å². The largest absolute Gasteiger partial charge is 0.484 e. The highest BCUT2D eigenvalue weighted by Crippen LogP contribution is 2.27. The summed E-state index contributed by atoms with van der Waals surface area (Å²) in [5, 5.41) is 5.32. The van der Waals surface area contributed by atoms with Gasteiger partial charge in [0, 0.05) is 18.2 Å². The van der Waals surface area contributed by atoms with Gasteiger partial charge in [0.25, 0.3) is 11.8 Å². The number of fused-ring (bicyclic) bond motifs is 1. The molecule has 0 fully saturated rings. The number of anilines is 1. The average Bonchev–Trinajstić information content (AvgIpc) is 2.98. The Kier molecular flexibility index (Phi) is 7.67. The quantitative estimate of drug-likeness (QED) is 0.523. The number of nitrogens with one attached hydrogen (secondary N) is 2. The zero-order valence-electron chi connectivity index (χ0n) is 21.3. The van der Waals surface area contributed by atoms with Crippen molar-refractivity contribution in [1.29, 1.82) is 0 Å². The molecule has 2 N–H and O–H groups in total. The molecule has 0 radical (unpaired) electrons. The number of benzene rings is 3. The molecule has 0 unspecified atom stereocenters. The molecule has 0 bridgehead atoms. The molecule has 1 heterocycles. The first-order chi connectivity index (χ1) is 17.7. The first-order valence-electron chi connectivity index (χ1n) is 12.0. The van der Waals surface area contributed by atoms with Crippen LogP contribution in [0.4, 0.5) is 5.69 Å². The van der Waals surface area contributed by atoms with Crippen LogP contribution >= 0.6 is 0 Å². The average molecular weight is 499 g/mol. The smallest absolute Gasteiger partial charge is 0.272 e. The molecular weight excluding hydrogens is 468 g/mol. The summed E-state index contributed by atoms with van der Waals surface area (Å²) in [4.78, 5) is 44.8. The number of amides is 3. The minimum Gasteiger partial charge on any atom is -0.484 e. The second kappa shape index (κ2) is 11.1. The van der Waals surface area contributed by atoms with Gasteiger partial charge in [-0.1, -0.05) is 54.6 Å². The van der Waals surface area contributed by atoms with Crippen LogP contribution in [0.2, 0.25) is 0 Å². The van der Waals surface area contributed by atoms with Crippen LogP contribution in [0.3, 0.4) is 0 Å². The number of aliphatic imine (C=N–C) groups is 1. The number of para-hydroxylation sites is 1. The van der Waals surface area contributed by atoms with E-state index in [0.29, 0.717) is 17.1 Å². The third kappa shape index (κ3) is 6.03. The summed E-state index contributed by atoms with van der Waals surface area (Å²) in [5.41, 5.74) is 4.94. The Bertz CT molecular complexity index is 1330. The Morgan fingerprint density at radius 3 is 2.35 bits per heavy atom. The molecule has 3 amide bonds. The van der Waals surface area contributed by atoms with Gasteiger partial charge in [0.1, 0.15) is 11.8 Å². The first kappa shape index (κ1) is 25.6. The minimum absolute atomic E-state index is 0.239. The maximum Gasteiger partial charge on any atom is 0.272 e. The van der Waals surface area contributed by atoms with Crippen molar-refractivity contribution in [1.82, 2.24) is 10.6 Å². The lowest BCUT2D eigenvalue weighted by molar-refractivity contribution is -0.131. The molecule has 8 nitrogen and oxygen atoms in total. The van der Waals surface area contributed by atoms with Gasteiger partial charge in [-0.15, -0.1) is 0 Å². The molecule has 3 aromatic rings. The number of nitrogens with zero attached hydrogens (tertiary/aromatic N) is 2. The van der Waals surface area contributed by atoms with Gasteiger partial charge in [-0.3, -0.25) is 14.4 Å². The number of carbonyl (C=O) groups excluding carboxylic acids is 3. The van der Waals surface area contributed by atoms with Crippen LogP contribution in [-0.2, 0) is 14.4 Å². The predicted molar refractivity (Wildman–Crippen MR) is 143 cm³/mol. The zero-order chi connectivity index (χ0) is 26.5. The topological polar surface area (TPSA) is 100 Å². The van der Waals surface area contributed by atoms with E-state index in [9.17, 15) is 14.4 Å². The molecule has 8 heteroatoms. The monoisotopic (exact) mass is 498 g/mol. The van der Waals surface area contributed by atoms with Gasteiger partial charge in [-0.2, -0.15) is 0 Å². The molecule has 0 aromatic heterocycles. The maximum atomic E-state index is 13.3. The van der Waals surface area contributed by atoms with E-state index in [1.54, 1.807) is 14.0 Å². The molecule has 0 spiro atoms. The van der Waals surface area contributed by atoms with Crippen molar-refractivity contribution in [3.63, 3.8) is 0 Å². The molecule has 3 aromatic carbocycles. The van der Waals surface area contributed by atoms with Crippen molar-refractivity contribution in [2.24, 2.45) is 4.99 Å². The highest BCUT2D eigenvalue weighted by molar-refractivity contribution is 6.20. The van der Waals surface area contributed by atoms with Crippen LogP contribution in [-0.4, -0.2) is 49.3 Å². The van der Waals surface area contributed by atoms with Gasteiger partial charge in [0.05, 0.1) is 11.4 Å². The molecule has 37 heavy (non-hydrogen) atoms. The Balaban J connectivity index is 1.47. The maximum absolute atomic E-state index is 13.3. The summed E-state index contributed by atoms with van der Waals surface area (Å²) < 4.78 is 5.58. The number of aryl methyl sites for hydroxylation is 2. The fourth-order valence-electron chi connectivity index (χ4n) is 4.22. The van der Waals surface area contributed by atoms with Gasteiger partial charge < -0.3 is 20.3 Å². The summed E-state index contributed by atoms with van der Waals surface area (Å²) in [6.07, 6.45) is -1.16. The van der Waals surface area contributed by atoms with Crippen LogP contribution < -0.4 is 20.3 Å². The van der Waals surface area contributed by atoms with Crippen molar-refractivity contribution in [2.45, 2.75) is 33.0 Å².